The molecule has 3 heterocycles. The monoisotopic (exact) mass is 460 g/mol. The number of carbonyl (C=O) groups excluding carboxylic acids is 3. The summed E-state index contributed by atoms with van der Waals surface area (Å²) in [5.41, 5.74) is 2.67. The SMILES string of the molecule is CCOC(=O)[C@@H]1[C@H]2C(=O)N([C@H](C)CO)C(C(=O)Nc3cc(C)ccc3C)C23CC[C@@]1(C)S3. The molecule has 2 N–H and O–H groups in total. The molecule has 2 bridgehead atoms. The molecule has 1 aromatic rings. The Hall–Kier alpha value is -2.06. The molecule has 3 aliphatic rings. The molecule has 3 saturated heterocycles. The second kappa shape index (κ2) is 8.06. The third-order valence-electron chi connectivity index (χ3n) is 7.39. The second-order valence-corrected chi connectivity index (χ2v) is 11.5. The Kier molecular flexibility index (Phi) is 5.82. The molecule has 32 heavy (non-hydrogen) atoms. The second-order valence-electron chi connectivity index (χ2n) is 9.56. The summed E-state index contributed by atoms with van der Waals surface area (Å²) < 4.78 is 4.21. The molecule has 2 amide bonds. The maximum Gasteiger partial charge on any atom is 0.311 e. The fourth-order valence-electron chi connectivity index (χ4n) is 5.89. The number of thioether (sulfide) groups is 1. The van der Waals surface area contributed by atoms with Crippen molar-refractivity contribution in [2.75, 3.05) is 18.5 Å². The van der Waals surface area contributed by atoms with Crippen molar-refractivity contribution in [3.8, 4) is 0 Å². The normalized spacial score (nSPS) is 33.9. The fourth-order valence-corrected chi connectivity index (χ4v) is 8.22. The lowest BCUT2D eigenvalue weighted by atomic mass is 9.66. The van der Waals surface area contributed by atoms with Gasteiger partial charge in [-0.05, 0) is 64.7 Å². The van der Waals surface area contributed by atoms with Crippen LogP contribution in [0.25, 0.3) is 0 Å². The van der Waals surface area contributed by atoms with E-state index in [1.165, 1.54) is 4.90 Å². The summed E-state index contributed by atoms with van der Waals surface area (Å²) in [5, 5.41) is 12.9. The topological polar surface area (TPSA) is 95.9 Å². The van der Waals surface area contributed by atoms with Gasteiger partial charge < -0.3 is 20.1 Å². The Morgan fingerprint density at radius 2 is 2.06 bits per heavy atom. The van der Waals surface area contributed by atoms with Crippen LogP contribution in [0.3, 0.4) is 0 Å². The van der Waals surface area contributed by atoms with Crippen LogP contribution in [0.2, 0.25) is 0 Å². The highest BCUT2D eigenvalue weighted by Gasteiger charge is 2.77. The molecule has 6 atom stereocenters. The van der Waals surface area contributed by atoms with Crippen LogP contribution in [-0.2, 0) is 19.1 Å². The van der Waals surface area contributed by atoms with Crippen LogP contribution in [0, 0.1) is 25.7 Å². The summed E-state index contributed by atoms with van der Waals surface area (Å²) in [5.74, 6) is -2.10. The molecule has 0 aliphatic carbocycles. The average Bonchev–Trinajstić information content (AvgIpc) is 3.31. The van der Waals surface area contributed by atoms with Crippen LogP contribution in [0.5, 0.6) is 0 Å². The van der Waals surface area contributed by atoms with Crippen molar-refractivity contribution in [1.29, 1.82) is 0 Å². The first-order chi connectivity index (χ1) is 15.1. The molecule has 2 unspecified atom stereocenters. The molecule has 1 spiro atoms. The van der Waals surface area contributed by atoms with Gasteiger partial charge in [-0.2, -0.15) is 0 Å². The number of nitrogens with zero attached hydrogens (tertiary/aromatic N) is 1. The molecule has 4 rings (SSSR count). The third-order valence-corrected chi connectivity index (χ3v) is 9.38. The maximum atomic E-state index is 13.8. The van der Waals surface area contributed by atoms with Gasteiger partial charge in [-0.25, -0.2) is 0 Å². The highest BCUT2D eigenvalue weighted by atomic mass is 32.2. The van der Waals surface area contributed by atoms with Crippen LogP contribution < -0.4 is 5.32 Å². The molecule has 3 fully saturated rings. The van der Waals surface area contributed by atoms with E-state index in [9.17, 15) is 19.5 Å². The maximum absolute atomic E-state index is 13.8. The molecule has 0 saturated carbocycles. The number of aliphatic hydroxyl groups excluding tert-OH is 1. The third kappa shape index (κ3) is 3.25. The first kappa shape index (κ1) is 23.1. The smallest absolute Gasteiger partial charge is 0.311 e. The number of aryl methyl sites for hydroxylation is 2. The van der Waals surface area contributed by atoms with E-state index in [0.29, 0.717) is 12.1 Å². The lowest BCUT2D eigenvalue weighted by Gasteiger charge is -2.36. The fraction of sp³-hybridized carbons (Fsp3) is 0.625. The number of aliphatic hydroxyl groups is 1. The number of anilines is 1. The van der Waals surface area contributed by atoms with E-state index in [2.05, 4.69) is 5.32 Å². The van der Waals surface area contributed by atoms with Gasteiger partial charge in [-0.3, -0.25) is 14.4 Å². The van der Waals surface area contributed by atoms with Gasteiger partial charge in [0, 0.05) is 10.4 Å². The van der Waals surface area contributed by atoms with E-state index >= 15 is 0 Å². The number of ether oxygens (including phenoxy) is 1. The molecular formula is C24H32N2O5S. The number of esters is 1. The Bertz CT molecular complexity index is 968. The first-order valence-corrected chi connectivity index (χ1v) is 12.1. The number of hydrogen-bond acceptors (Lipinski definition) is 6. The minimum Gasteiger partial charge on any atom is -0.466 e. The average molecular weight is 461 g/mol. The molecule has 174 valence electrons. The van der Waals surface area contributed by atoms with E-state index in [1.54, 1.807) is 25.6 Å². The number of amides is 2. The standard InChI is InChI=1S/C24H32N2O5S/c1-6-31-22(30)18-17-21(29)26(15(4)12-27)19(24(17)10-9-23(18,5)32-24)20(28)25-16-11-13(2)7-8-14(16)3/h7-8,11,15,17-19,27H,6,9-10,12H2,1-5H3,(H,25,28)/t15-,17+,18+,19?,23-,24?/m1/s1. The number of fused-ring (bicyclic) bond motifs is 1. The van der Waals surface area contributed by atoms with Gasteiger partial charge >= 0.3 is 5.97 Å². The summed E-state index contributed by atoms with van der Waals surface area (Å²) in [7, 11) is 0. The van der Waals surface area contributed by atoms with Gasteiger partial charge in [0.15, 0.2) is 0 Å². The Labute approximate surface area is 193 Å². The summed E-state index contributed by atoms with van der Waals surface area (Å²) in [6.45, 7) is 9.39. The predicted octanol–water partition coefficient (Wildman–Crippen LogP) is 2.67. The zero-order valence-corrected chi connectivity index (χ0v) is 20.1. The highest BCUT2D eigenvalue weighted by molar-refractivity contribution is 8.02. The van der Waals surface area contributed by atoms with E-state index in [-0.39, 0.29) is 31.0 Å². The number of likely N-dealkylation sites (tertiary alicyclic amines) is 1. The van der Waals surface area contributed by atoms with E-state index in [1.807, 2.05) is 39.0 Å². The Morgan fingerprint density at radius 3 is 2.72 bits per heavy atom. The largest absolute Gasteiger partial charge is 0.466 e. The van der Waals surface area contributed by atoms with Gasteiger partial charge in [0.25, 0.3) is 0 Å². The number of benzene rings is 1. The molecule has 0 aromatic heterocycles. The summed E-state index contributed by atoms with van der Waals surface area (Å²) in [6.07, 6.45) is 1.40. The van der Waals surface area contributed by atoms with Crippen molar-refractivity contribution in [2.24, 2.45) is 11.8 Å². The van der Waals surface area contributed by atoms with E-state index in [0.717, 1.165) is 17.5 Å². The summed E-state index contributed by atoms with van der Waals surface area (Å²) in [4.78, 5) is 42.0. The molecule has 1 aromatic carbocycles. The predicted molar refractivity (Wildman–Crippen MR) is 123 cm³/mol. The van der Waals surface area contributed by atoms with Crippen LogP contribution in [0.1, 0.15) is 44.7 Å². The number of carbonyl (C=O) groups is 3. The first-order valence-electron chi connectivity index (χ1n) is 11.3. The molecule has 8 heteroatoms. The zero-order valence-electron chi connectivity index (χ0n) is 19.3. The Morgan fingerprint density at radius 1 is 1.34 bits per heavy atom. The minimum atomic E-state index is -0.770. The Balaban J connectivity index is 1.77. The lowest BCUT2D eigenvalue weighted by molar-refractivity contribution is -0.155. The molecular weight excluding hydrogens is 428 g/mol. The quantitative estimate of drug-likeness (QED) is 0.634. The molecule has 0 radical (unpaired) electrons. The number of nitrogens with one attached hydrogen (secondary N) is 1. The summed E-state index contributed by atoms with van der Waals surface area (Å²) >= 11 is 1.60. The molecule has 3 aliphatic heterocycles. The van der Waals surface area contributed by atoms with Crippen LogP contribution in [0.4, 0.5) is 5.69 Å². The zero-order chi connectivity index (χ0) is 23.4. The number of rotatable bonds is 6. The number of hydrogen-bond donors (Lipinski definition) is 2. The van der Waals surface area contributed by atoms with Gasteiger partial charge in [0.2, 0.25) is 11.8 Å². The van der Waals surface area contributed by atoms with E-state index in [4.69, 9.17) is 4.74 Å². The summed E-state index contributed by atoms with van der Waals surface area (Å²) in [6, 6.07) is 4.55. The van der Waals surface area contributed by atoms with Crippen molar-refractivity contribution >= 4 is 35.2 Å². The van der Waals surface area contributed by atoms with E-state index < -0.39 is 33.4 Å². The van der Waals surface area contributed by atoms with Crippen molar-refractivity contribution in [1.82, 2.24) is 4.90 Å². The van der Waals surface area contributed by atoms with Crippen molar-refractivity contribution in [3.63, 3.8) is 0 Å². The lowest BCUT2D eigenvalue weighted by Crippen LogP contribution is -2.54. The van der Waals surface area contributed by atoms with Crippen molar-refractivity contribution in [3.05, 3.63) is 29.3 Å². The van der Waals surface area contributed by atoms with Gasteiger partial charge in [-0.1, -0.05) is 12.1 Å². The molecule has 7 nitrogen and oxygen atoms in total. The van der Waals surface area contributed by atoms with Gasteiger partial charge in [0.05, 0.1) is 35.8 Å². The highest BCUT2D eigenvalue weighted by Crippen LogP contribution is 2.71. The minimum absolute atomic E-state index is 0.235. The van der Waals surface area contributed by atoms with Crippen LogP contribution in [0.15, 0.2) is 18.2 Å². The van der Waals surface area contributed by atoms with Crippen molar-refractivity contribution < 1.29 is 24.2 Å². The van der Waals surface area contributed by atoms with Gasteiger partial charge in [-0.15, -0.1) is 11.8 Å². The van der Waals surface area contributed by atoms with Gasteiger partial charge in [0.1, 0.15) is 6.04 Å². The van der Waals surface area contributed by atoms with Crippen LogP contribution >= 0.6 is 11.8 Å². The van der Waals surface area contributed by atoms with Crippen LogP contribution in [-0.4, -0.2) is 62.6 Å². The van der Waals surface area contributed by atoms with Crippen molar-refractivity contribution in [2.45, 2.75) is 69.0 Å².